The van der Waals surface area contributed by atoms with Gasteiger partial charge in [0, 0.05) is 4.90 Å². The van der Waals surface area contributed by atoms with Gasteiger partial charge in [-0.25, -0.2) is 4.98 Å². The number of hydrogen-bond acceptors (Lipinski definition) is 3. The lowest BCUT2D eigenvalue weighted by molar-refractivity contribution is 1.08. The van der Waals surface area contributed by atoms with Gasteiger partial charge in [-0.3, -0.25) is 0 Å². The van der Waals surface area contributed by atoms with Crippen LogP contribution in [0.2, 0.25) is 0 Å². The van der Waals surface area contributed by atoms with E-state index < -0.39 is 0 Å². The van der Waals surface area contributed by atoms with Gasteiger partial charge in [0.05, 0.1) is 22.7 Å². The van der Waals surface area contributed by atoms with Crippen LogP contribution < -0.4 is 0 Å². The first-order chi connectivity index (χ1) is 9.26. The third kappa shape index (κ3) is 2.33. The molecular formula is C15H11N3S. The summed E-state index contributed by atoms with van der Waals surface area (Å²) in [5, 5.41) is 9.73. The molecule has 0 bridgehead atoms. The van der Waals surface area contributed by atoms with Crippen LogP contribution >= 0.6 is 11.8 Å². The molecule has 0 atom stereocenters. The Morgan fingerprint density at radius 3 is 2.79 bits per heavy atom. The van der Waals surface area contributed by atoms with E-state index in [2.05, 4.69) is 16.0 Å². The third-order valence-corrected chi connectivity index (χ3v) is 3.94. The molecule has 3 rings (SSSR count). The molecule has 0 amide bonds. The lowest BCUT2D eigenvalue weighted by Crippen LogP contribution is -1.83. The quantitative estimate of drug-likeness (QED) is 0.764. The van der Waals surface area contributed by atoms with Crippen molar-refractivity contribution in [2.24, 2.45) is 0 Å². The van der Waals surface area contributed by atoms with E-state index in [1.165, 1.54) is 0 Å². The predicted octanol–water partition coefficient (Wildman–Crippen LogP) is 3.89. The number of hydrogen-bond donors (Lipinski definition) is 1. The number of para-hydroxylation sites is 2. The van der Waals surface area contributed by atoms with Crippen LogP contribution in [-0.4, -0.2) is 9.97 Å². The number of nitriles is 1. The Hall–Kier alpha value is -2.25. The molecule has 0 saturated heterocycles. The molecule has 0 aliphatic rings. The lowest BCUT2D eigenvalue weighted by atomic mass is 10.2. The molecule has 1 heterocycles. The van der Waals surface area contributed by atoms with Crippen LogP contribution in [0.25, 0.3) is 11.0 Å². The highest BCUT2D eigenvalue weighted by Gasteiger charge is 2.06. The minimum Gasteiger partial charge on any atom is -0.333 e. The van der Waals surface area contributed by atoms with Gasteiger partial charge in [-0.15, -0.1) is 0 Å². The van der Waals surface area contributed by atoms with E-state index in [-0.39, 0.29) is 0 Å². The van der Waals surface area contributed by atoms with Gasteiger partial charge in [-0.1, -0.05) is 23.9 Å². The van der Waals surface area contributed by atoms with Crippen molar-refractivity contribution in [3.8, 4) is 6.07 Å². The molecule has 0 aliphatic heterocycles. The summed E-state index contributed by atoms with van der Waals surface area (Å²) in [4.78, 5) is 8.93. The number of nitrogens with one attached hydrogen (secondary N) is 1. The minimum absolute atomic E-state index is 0.687. The average Bonchev–Trinajstić information content (AvgIpc) is 2.83. The first-order valence-corrected chi connectivity index (χ1v) is 6.71. The fourth-order valence-corrected chi connectivity index (χ4v) is 2.78. The number of imidazole rings is 1. The maximum absolute atomic E-state index is 8.86. The normalized spacial score (nSPS) is 10.5. The zero-order valence-corrected chi connectivity index (χ0v) is 11.2. The first kappa shape index (κ1) is 11.8. The first-order valence-electron chi connectivity index (χ1n) is 5.89. The predicted molar refractivity (Wildman–Crippen MR) is 76.1 cm³/mol. The number of fused-ring (bicyclic) bond motifs is 1. The maximum Gasteiger partial charge on any atom is 0.171 e. The van der Waals surface area contributed by atoms with E-state index in [0.29, 0.717) is 5.56 Å². The number of benzene rings is 2. The third-order valence-electron chi connectivity index (χ3n) is 2.88. The Bertz CT molecular complexity index is 750. The molecule has 0 spiro atoms. The Balaban J connectivity index is 1.94. The second-order valence-corrected chi connectivity index (χ2v) is 5.28. The van der Waals surface area contributed by atoms with E-state index >= 15 is 0 Å². The molecule has 0 radical (unpaired) electrons. The van der Waals surface area contributed by atoms with Crippen molar-refractivity contribution in [3.63, 3.8) is 0 Å². The van der Waals surface area contributed by atoms with Gasteiger partial charge in [0.15, 0.2) is 5.16 Å². The van der Waals surface area contributed by atoms with Crippen molar-refractivity contribution in [1.82, 2.24) is 9.97 Å². The van der Waals surface area contributed by atoms with E-state index in [1.807, 2.05) is 49.4 Å². The fourth-order valence-electron chi connectivity index (χ4n) is 1.92. The number of rotatable bonds is 2. The summed E-state index contributed by atoms with van der Waals surface area (Å²) >= 11 is 1.58. The molecule has 19 heavy (non-hydrogen) atoms. The summed E-state index contributed by atoms with van der Waals surface area (Å²) in [6, 6.07) is 15.8. The summed E-state index contributed by atoms with van der Waals surface area (Å²) in [5.74, 6) is 0. The van der Waals surface area contributed by atoms with Crippen LogP contribution in [0.4, 0.5) is 0 Å². The second-order valence-electron chi connectivity index (χ2n) is 4.25. The van der Waals surface area contributed by atoms with Crippen molar-refractivity contribution in [2.45, 2.75) is 17.0 Å². The molecule has 2 aromatic carbocycles. The Labute approximate surface area is 115 Å². The standard InChI is InChI=1S/C15H11N3S/c1-10-8-11(9-16)6-7-14(10)19-15-17-12-4-2-3-5-13(12)18-15/h2-8H,1H3,(H,17,18). The number of aromatic amines is 1. The number of H-pyrrole nitrogens is 1. The number of aromatic nitrogens is 2. The van der Waals surface area contributed by atoms with Gasteiger partial charge in [0.25, 0.3) is 0 Å². The Kier molecular flexibility index (Phi) is 2.98. The van der Waals surface area contributed by atoms with E-state index in [4.69, 9.17) is 5.26 Å². The van der Waals surface area contributed by atoms with Crippen LogP contribution in [-0.2, 0) is 0 Å². The van der Waals surface area contributed by atoms with Crippen LogP contribution in [0.3, 0.4) is 0 Å². The zero-order chi connectivity index (χ0) is 13.2. The molecule has 0 fully saturated rings. The largest absolute Gasteiger partial charge is 0.333 e. The average molecular weight is 265 g/mol. The van der Waals surface area contributed by atoms with Crippen molar-refractivity contribution in [2.75, 3.05) is 0 Å². The number of nitrogens with zero attached hydrogens (tertiary/aromatic N) is 2. The van der Waals surface area contributed by atoms with Crippen molar-refractivity contribution < 1.29 is 0 Å². The maximum atomic E-state index is 8.86. The van der Waals surface area contributed by atoms with E-state index in [0.717, 1.165) is 26.6 Å². The van der Waals surface area contributed by atoms with Crippen molar-refractivity contribution in [1.29, 1.82) is 5.26 Å². The summed E-state index contributed by atoms with van der Waals surface area (Å²) in [7, 11) is 0. The molecule has 1 N–H and O–H groups in total. The van der Waals surface area contributed by atoms with Gasteiger partial charge in [-0.05, 0) is 42.8 Å². The summed E-state index contributed by atoms with van der Waals surface area (Å²) in [6.07, 6.45) is 0. The van der Waals surface area contributed by atoms with E-state index in [1.54, 1.807) is 11.8 Å². The number of aryl methyl sites for hydroxylation is 1. The fraction of sp³-hybridized carbons (Fsp3) is 0.0667. The Morgan fingerprint density at radius 1 is 1.21 bits per heavy atom. The van der Waals surface area contributed by atoms with Crippen molar-refractivity contribution >= 4 is 22.8 Å². The topological polar surface area (TPSA) is 52.5 Å². The summed E-state index contributed by atoms with van der Waals surface area (Å²) in [5.41, 5.74) is 3.78. The zero-order valence-electron chi connectivity index (χ0n) is 10.3. The highest BCUT2D eigenvalue weighted by Crippen LogP contribution is 2.30. The van der Waals surface area contributed by atoms with Gasteiger partial charge in [0.1, 0.15) is 0 Å². The molecule has 1 aromatic heterocycles. The molecule has 3 nitrogen and oxygen atoms in total. The monoisotopic (exact) mass is 265 g/mol. The van der Waals surface area contributed by atoms with E-state index in [9.17, 15) is 0 Å². The summed E-state index contributed by atoms with van der Waals surface area (Å²) < 4.78 is 0. The van der Waals surface area contributed by atoms with Gasteiger partial charge in [-0.2, -0.15) is 5.26 Å². The molecule has 3 aromatic rings. The molecule has 0 aliphatic carbocycles. The summed E-state index contributed by atoms with van der Waals surface area (Å²) in [6.45, 7) is 2.01. The highest BCUT2D eigenvalue weighted by atomic mass is 32.2. The van der Waals surface area contributed by atoms with Crippen molar-refractivity contribution in [3.05, 3.63) is 53.6 Å². The lowest BCUT2D eigenvalue weighted by Gasteiger charge is -2.02. The van der Waals surface area contributed by atoms with Gasteiger partial charge in [0.2, 0.25) is 0 Å². The molecule has 92 valence electrons. The Morgan fingerprint density at radius 2 is 2.05 bits per heavy atom. The van der Waals surface area contributed by atoms with Crippen LogP contribution in [0.1, 0.15) is 11.1 Å². The second kappa shape index (κ2) is 4.79. The minimum atomic E-state index is 0.687. The van der Waals surface area contributed by atoms with Crippen LogP contribution in [0.15, 0.2) is 52.5 Å². The van der Waals surface area contributed by atoms with Gasteiger partial charge >= 0.3 is 0 Å². The van der Waals surface area contributed by atoms with Crippen LogP contribution in [0, 0.1) is 18.3 Å². The van der Waals surface area contributed by atoms with Gasteiger partial charge < -0.3 is 4.98 Å². The molecule has 0 saturated carbocycles. The molecule has 4 heteroatoms. The highest BCUT2D eigenvalue weighted by molar-refractivity contribution is 7.99. The molecular weight excluding hydrogens is 254 g/mol. The molecule has 0 unspecified atom stereocenters. The van der Waals surface area contributed by atoms with Crippen LogP contribution in [0.5, 0.6) is 0 Å². The SMILES string of the molecule is Cc1cc(C#N)ccc1Sc1nc2ccccc2[nH]1. The smallest absolute Gasteiger partial charge is 0.171 e.